The maximum Gasteiger partial charge on any atom is 0.126 e. The molecule has 1 aromatic rings. The Labute approximate surface area is 102 Å². The van der Waals surface area contributed by atoms with Gasteiger partial charge in [0.05, 0.1) is 13.2 Å². The van der Waals surface area contributed by atoms with Crippen molar-refractivity contribution >= 4 is 17.7 Å². The van der Waals surface area contributed by atoms with E-state index >= 15 is 0 Å². The Hall–Kier alpha value is -0.990. The van der Waals surface area contributed by atoms with Crippen LogP contribution in [0.1, 0.15) is 12.5 Å². The zero-order valence-electron chi connectivity index (χ0n) is 9.49. The molecule has 0 spiro atoms. The molecular formula is C13H17ClO2. The minimum atomic E-state index is 0.523. The normalized spacial score (nSPS) is 10.9. The summed E-state index contributed by atoms with van der Waals surface area (Å²) in [6.45, 7) is 3.67. The van der Waals surface area contributed by atoms with E-state index in [9.17, 15) is 0 Å². The molecule has 0 heterocycles. The molecule has 0 amide bonds. The standard InChI is InChI=1S/C13H17ClO2/c1-2-5-12-6-3-4-7-13(12)16-11-10-15-9-8-14/h2-7H,8-11H2,1H3. The first-order valence-corrected chi connectivity index (χ1v) is 5.90. The van der Waals surface area contributed by atoms with Crippen LogP contribution in [0.2, 0.25) is 0 Å². The van der Waals surface area contributed by atoms with Crippen molar-refractivity contribution in [2.24, 2.45) is 0 Å². The highest BCUT2D eigenvalue weighted by molar-refractivity contribution is 6.17. The number of para-hydroxylation sites is 1. The monoisotopic (exact) mass is 240 g/mol. The molecule has 16 heavy (non-hydrogen) atoms. The van der Waals surface area contributed by atoms with Gasteiger partial charge >= 0.3 is 0 Å². The van der Waals surface area contributed by atoms with Gasteiger partial charge < -0.3 is 9.47 Å². The van der Waals surface area contributed by atoms with Crippen molar-refractivity contribution in [3.63, 3.8) is 0 Å². The van der Waals surface area contributed by atoms with Crippen LogP contribution in [0.3, 0.4) is 0 Å². The van der Waals surface area contributed by atoms with Crippen LogP contribution >= 0.6 is 11.6 Å². The molecule has 0 N–H and O–H groups in total. The predicted octanol–water partition coefficient (Wildman–Crippen LogP) is 3.35. The van der Waals surface area contributed by atoms with Crippen molar-refractivity contribution in [3.05, 3.63) is 35.9 Å². The van der Waals surface area contributed by atoms with Gasteiger partial charge in [-0.3, -0.25) is 0 Å². The molecular weight excluding hydrogens is 224 g/mol. The summed E-state index contributed by atoms with van der Waals surface area (Å²) < 4.78 is 10.8. The number of hydrogen-bond acceptors (Lipinski definition) is 2. The smallest absolute Gasteiger partial charge is 0.126 e. The number of ether oxygens (including phenoxy) is 2. The molecule has 1 rings (SSSR count). The lowest BCUT2D eigenvalue weighted by molar-refractivity contribution is 0.111. The van der Waals surface area contributed by atoms with Gasteiger partial charge in [-0.15, -0.1) is 11.6 Å². The van der Waals surface area contributed by atoms with Crippen molar-refractivity contribution < 1.29 is 9.47 Å². The Morgan fingerprint density at radius 2 is 2.00 bits per heavy atom. The third-order valence-electron chi connectivity index (χ3n) is 1.97. The van der Waals surface area contributed by atoms with E-state index < -0.39 is 0 Å². The summed E-state index contributed by atoms with van der Waals surface area (Å²) in [4.78, 5) is 0. The van der Waals surface area contributed by atoms with Crippen LogP contribution < -0.4 is 4.74 Å². The van der Waals surface area contributed by atoms with Crippen LogP contribution in [-0.2, 0) is 4.74 Å². The fourth-order valence-electron chi connectivity index (χ4n) is 1.30. The summed E-state index contributed by atoms with van der Waals surface area (Å²) in [6.07, 6.45) is 4.02. The highest BCUT2D eigenvalue weighted by Crippen LogP contribution is 2.19. The molecule has 3 heteroatoms. The number of halogens is 1. The quantitative estimate of drug-likeness (QED) is 0.538. The Kier molecular flexibility index (Phi) is 6.70. The zero-order chi connectivity index (χ0) is 11.6. The number of benzene rings is 1. The van der Waals surface area contributed by atoms with Crippen molar-refractivity contribution in [2.45, 2.75) is 6.92 Å². The number of allylic oxidation sites excluding steroid dienone is 1. The van der Waals surface area contributed by atoms with Crippen molar-refractivity contribution in [2.75, 3.05) is 25.7 Å². The second kappa shape index (κ2) is 8.20. The zero-order valence-corrected chi connectivity index (χ0v) is 10.2. The molecule has 0 aliphatic carbocycles. The van der Waals surface area contributed by atoms with Crippen LogP contribution in [-0.4, -0.2) is 25.7 Å². The fourth-order valence-corrected chi connectivity index (χ4v) is 1.41. The van der Waals surface area contributed by atoms with Gasteiger partial charge in [-0.25, -0.2) is 0 Å². The number of alkyl halides is 1. The second-order valence-electron chi connectivity index (χ2n) is 3.19. The van der Waals surface area contributed by atoms with Crippen molar-refractivity contribution in [1.29, 1.82) is 0 Å². The van der Waals surface area contributed by atoms with Gasteiger partial charge in [-0.1, -0.05) is 30.4 Å². The van der Waals surface area contributed by atoms with Gasteiger partial charge in [-0.2, -0.15) is 0 Å². The Bertz CT molecular complexity index is 323. The lowest BCUT2D eigenvalue weighted by Gasteiger charge is -2.09. The summed E-state index contributed by atoms with van der Waals surface area (Å²) in [5.74, 6) is 1.41. The van der Waals surface area contributed by atoms with E-state index in [1.54, 1.807) is 0 Å². The van der Waals surface area contributed by atoms with E-state index in [4.69, 9.17) is 21.1 Å². The molecule has 0 aliphatic rings. The topological polar surface area (TPSA) is 18.5 Å². The van der Waals surface area contributed by atoms with Crippen LogP contribution in [0.4, 0.5) is 0 Å². The first-order chi connectivity index (χ1) is 7.88. The molecule has 1 aromatic carbocycles. The highest BCUT2D eigenvalue weighted by atomic mass is 35.5. The van der Waals surface area contributed by atoms with Gasteiger partial charge in [0.1, 0.15) is 12.4 Å². The molecule has 0 unspecified atom stereocenters. The Morgan fingerprint density at radius 3 is 2.75 bits per heavy atom. The molecule has 0 saturated heterocycles. The van der Waals surface area contributed by atoms with Crippen LogP contribution in [0.5, 0.6) is 5.75 Å². The maximum absolute atomic E-state index is 5.62. The Morgan fingerprint density at radius 1 is 1.19 bits per heavy atom. The molecule has 0 aromatic heterocycles. The summed E-state index contributed by atoms with van der Waals surface area (Å²) in [5, 5.41) is 0. The van der Waals surface area contributed by atoms with Crippen LogP contribution in [0.25, 0.3) is 6.08 Å². The number of rotatable bonds is 7. The summed E-state index contributed by atoms with van der Waals surface area (Å²) in [7, 11) is 0. The molecule has 0 fully saturated rings. The lowest BCUT2D eigenvalue weighted by Crippen LogP contribution is -2.08. The molecule has 0 atom stereocenters. The third kappa shape index (κ3) is 4.69. The molecule has 0 saturated carbocycles. The predicted molar refractivity (Wildman–Crippen MR) is 68.2 cm³/mol. The van der Waals surface area contributed by atoms with E-state index in [1.165, 1.54) is 0 Å². The van der Waals surface area contributed by atoms with Gasteiger partial charge in [-0.05, 0) is 13.0 Å². The van der Waals surface area contributed by atoms with Crippen LogP contribution in [0, 0.1) is 0 Å². The summed E-state index contributed by atoms with van der Waals surface area (Å²) in [5.41, 5.74) is 1.09. The van der Waals surface area contributed by atoms with Gasteiger partial charge in [0, 0.05) is 11.4 Å². The first kappa shape index (κ1) is 13.1. The van der Waals surface area contributed by atoms with Gasteiger partial charge in [0.15, 0.2) is 0 Å². The van der Waals surface area contributed by atoms with Crippen molar-refractivity contribution in [3.8, 4) is 5.75 Å². The highest BCUT2D eigenvalue weighted by Gasteiger charge is 1.98. The molecule has 2 nitrogen and oxygen atoms in total. The third-order valence-corrected chi connectivity index (χ3v) is 2.13. The second-order valence-corrected chi connectivity index (χ2v) is 3.57. The van der Waals surface area contributed by atoms with Crippen molar-refractivity contribution in [1.82, 2.24) is 0 Å². The van der Waals surface area contributed by atoms with E-state index in [2.05, 4.69) is 0 Å². The molecule has 0 bridgehead atoms. The minimum Gasteiger partial charge on any atom is -0.491 e. The lowest BCUT2D eigenvalue weighted by atomic mass is 10.2. The average molecular weight is 241 g/mol. The van der Waals surface area contributed by atoms with Gasteiger partial charge in [0.25, 0.3) is 0 Å². The maximum atomic E-state index is 5.62. The van der Waals surface area contributed by atoms with Crippen LogP contribution in [0.15, 0.2) is 30.3 Å². The summed E-state index contributed by atoms with van der Waals surface area (Å²) >= 11 is 5.49. The van der Waals surface area contributed by atoms with E-state index in [1.807, 2.05) is 43.3 Å². The van der Waals surface area contributed by atoms with E-state index in [0.29, 0.717) is 25.7 Å². The summed E-state index contributed by atoms with van der Waals surface area (Å²) in [6, 6.07) is 7.93. The minimum absolute atomic E-state index is 0.523. The van der Waals surface area contributed by atoms with Gasteiger partial charge in [0.2, 0.25) is 0 Å². The molecule has 88 valence electrons. The van der Waals surface area contributed by atoms with E-state index in [-0.39, 0.29) is 0 Å². The SMILES string of the molecule is CC=Cc1ccccc1OCCOCCCl. The number of hydrogen-bond donors (Lipinski definition) is 0. The van der Waals surface area contributed by atoms with E-state index in [0.717, 1.165) is 11.3 Å². The largest absolute Gasteiger partial charge is 0.491 e. The molecule has 0 aliphatic heterocycles. The fraction of sp³-hybridized carbons (Fsp3) is 0.385. The first-order valence-electron chi connectivity index (χ1n) is 5.36. The Balaban J connectivity index is 2.40. The average Bonchev–Trinajstić information content (AvgIpc) is 2.31. The molecule has 0 radical (unpaired) electrons.